The van der Waals surface area contributed by atoms with Crippen LogP contribution in [0.5, 0.6) is 11.5 Å². The first kappa shape index (κ1) is 15.2. The number of aryl methyl sites for hydroxylation is 1. The minimum absolute atomic E-state index is 0.686. The van der Waals surface area contributed by atoms with E-state index in [1.807, 2.05) is 19.1 Å². The molecular weight excluding hydrogens is 262 g/mol. The third-order valence-corrected chi connectivity index (χ3v) is 3.50. The van der Waals surface area contributed by atoms with E-state index in [9.17, 15) is 0 Å². The monoisotopic (exact) mass is 285 g/mol. The van der Waals surface area contributed by atoms with Crippen LogP contribution in [0.3, 0.4) is 0 Å². The van der Waals surface area contributed by atoms with Crippen LogP contribution in [0.1, 0.15) is 23.6 Å². The molecule has 0 amide bonds. The van der Waals surface area contributed by atoms with Crippen molar-refractivity contribution in [2.24, 2.45) is 0 Å². The normalized spacial score (nSPS) is 10.3. The molecule has 0 aliphatic heterocycles. The smallest absolute Gasteiger partial charge is 0.126 e. The number of hydrogen-bond donors (Lipinski definition) is 1. The van der Waals surface area contributed by atoms with Crippen molar-refractivity contribution in [2.45, 2.75) is 27.3 Å². The predicted molar refractivity (Wildman–Crippen MR) is 87.4 cm³/mol. The van der Waals surface area contributed by atoms with E-state index in [4.69, 9.17) is 9.47 Å². The van der Waals surface area contributed by atoms with Gasteiger partial charge in [0.05, 0.1) is 13.7 Å². The summed E-state index contributed by atoms with van der Waals surface area (Å²) in [6.07, 6.45) is 0. The average Bonchev–Trinajstić information content (AvgIpc) is 2.48. The van der Waals surface area contributed by atoms with E-state index in [1.165, 1.54) is 5.56 Å². The number of rotatable bonds is 6. The van der Waals surface area contributed by atoms with Crippen LogP contribution >= 0.6 is 0 Å². The van der Waals surface area contributed by atoms with E-state index in [2.05, 4.69) is 43.4 Å². The Bertz CT molecular complexity index is 608. The summed E-state index contributed by atoms with van der Waals surface area (Å²) in [7, 11) is 1.71. The second-order valence-corrected chi connectivity index (χ2v) is 5.02. The van der Waals surface area contributed by atoms with Crippen molar-refractivity contribution in [3.05, 3.63) is 53.1 Å². The van der Waals surface area contributed by atoms with Gasteiger partial charge < -0.3 is 14.8 Å². The highest BCUT2D eigenvalue weighted by Gasteiger charge is 2.07. The van der Waals surface area contributed by atoms with E-state index >= 15 is 0 Å². The van der Waals surface area contributed by atoms with Gasteiger partial charge >= 0.3 is 0 Å². The van der Waals surface area contributed by atoms with E-state index in [0.717, 1.165) is 34.9 Å². The summed E-state index contributed by atoms with van der Waals surface area (Å²) in [6.45, 7) is 7.57. The molecule has 0 saturated heterocycles. The zero-order chi connectivity index (χ0) is 15.2. The van der Waals surface area contributed by atoms with Gasteiger partial charge in [0, 0.05) is 17.8 Å². The van der Waals surface area contributed by atoms with E-state index < -0.39 is 0 Å². The summed E-state index contributed by atoms with van der Waals surface area (Å²) in [5.41, 5.74) is 4.58. The zero-order valence-corrected chi connectivity index (χ0v) is 13.2. The molecule has 2 rings (SSSR count). The van der Waals surface area contributed by atoms with Crippen molar-refractivity contribution < 1.29 is 9.47 Å². The van der Waals surface area contributed by atoms with Gasteiger partial charge in [0.1, 0.15) is 11.5 Å². The maximum Gasteiger partial charge on any atom is 0.126 e. The van der Waals surface area contributed by atoms with Gasteiger partial charge in [-0.3, -0.25) is 0 Å². The standard InChI is InChI=1S/C18H23NO2/c1-5-21-16-8-6-7-15(11-16)12-19-17-10-9-13(2)18(20-4)14(17)3/h6-11,19H,5,12H2,1-4H3. The Morgan fingerprint density at radius 3 is 2.62 bits per heavy atom. The molecule has 2 aromatic rings. The lowest BCUT2D eigenvalue weighted by Crippen LogP contribution is -2.03. The molecule has 0 unspecified atom stereocenters. The van der Waals surface area contributed by atoms with Gasteiger partial charge in [0.15, 0.2) is 0 Å². The Labute approximate surface area is 126 Å². The molecule has 21 heavy (non-hydrogen) atoms. The number of hydrogen-bond acceptors (Lipinski definition) is 3. The number of ether oxygens (including phenoxy) is 2. The van der Waals surface area contributed by atoms with Crippen LogP contribution in [0.25, 0.3) is 0 Å². The molecular formula is C18H23NO2. The van der Waals surface area contributed by atoms with E-state index in [1.54, 1.807) is 7.11 Å². The van der Waals surface area contributed by atoms with Crippen LogP contribution in [0, 0.1) is 13.8 Å². The van der Waals surface area contributed by atoms with Crippen molar-refractivity contribution in [2.75, 3.05) is 19.0 Å². The Hall–Kier alpha value is -2.16. The van der Waals surface area contributed by atoms with Gasteiger partial charge in [0.25, 0.3) is 0 Å². The van der Waals surface area contributed by atoms with Crippen LogP contribution in [0.2, 0.25) is 0 Å². The second-order valence-electron chi connectivity index (χ2n) is 5.02. The lowest BCUT2D eigenvalue weighted by Gasteiger charge is -2.15. The fourth-order valence-corrected chi connectivity index (χ4v) is 2.44. The number of anilines is 1. The van der Waals surface area contributed by atoms with Gasteiger partial charge in [-0.05, 0) is 50.1 Å². The average molecular weight is 285 g/mol. The molecule has 2 aromatic carbocycles. The molecule has 3 heteroatoms. The molecule has 112 valence electrons. The molecule has 0 aromatic heterocycles. The molecule has 0 spiro atoms. The molecule has 0 heterocycles. The quantitative estimate of drug-likeness (QED) is 0.857. The lowest BCUT2D eigenvalue weighted by atomic mass is 10.1. The third-order valence-electron chi connectivity index (χ3n) is 3.50. The molecule has 0 saturated carbocycles. The molecule has 0 aliphatic carbocycles. The molecule has 0 bridgehead atoms. The van der Waals surface area contributed by atoms with Gasteiger partial charge in [-0.2, -0.15) is 0 Å². The summed E-state index contributed by atoms with van der Waals surface area (Å²) in [6, 6.07) is 12.3. The fraction of sp³-hybridized carbons (Fsp3) is 0.333. The molecule has 0 radical (unpaired) electrons. The molecule has 0 fully saturated rings. The minimum atomic E-state index is 0.686. The number of nitrogens with one attached hydrogen (secondary N) is 1. The van der Waals surface area contributed by atoms with Gasteiger partial charge in [-0.1, -0.05) is 18.2 Å². The largest absolute Gasteiger partial charge is 0.496 e. The highest BCUT2D eigenvalue weighted by Crippen LogP contribution is 2.29. The van der Waals surface area contributed by atoms with Crippen molar-refractivity contribution in [1.82, 2.24) is 0 Å². The van der Waals surface area contributed by atoms with Crippen molar-refractivity contribution in [1.29, 1.82) is 0 Å². The summed E-state index contributed by atoms with van der Waals surface area (Å²) in [5.74, 6) is 1.86. The molecule has 0 atom stereocenters. The zero-order valence-electron chi connectivity index (χ0n) is 13.2. The second kappa shape index (κ2) is 7.02. The van der Waals surface area contributed by atoms with E-state index in [0.29, 0.717) is 6.61 Å². The van der Waals surface area contributed by atoms with Crippen LogP contribution in [0.15, 0.2) is 36.4 Å². The molecule has 1 N–H and O–H groups in total. The summed E-state index contributed by atoms with van der Waals surface area (Å²) >= 11 is 0. The SMILES string of the molecule is CCOc1cccc(CNc2ccc(C)c(OC)c2C)c1. The first-order valence-electron chi connectivity index (χ1n) is 7.25. The summed E-state index contributed by atoms with van der Waals surface area (Å²) < 4.78 is 11.0. The van der Waals surface area contributed by atoms with Crippen LogP contribution in [-0.2, 0) is 6.54 Å². The first-order chi connectivity index (χ1) is 10.2. The Morgan fingerprint density at radius 2 is 1.90 bits per heavy atom. The Morgan fingerprint density at radius 1 is 1.10 bits per heavy atom. The minimum Gasteiger partial charge on any atom is -0.496 e. The summed E-state index contributed by atoms with van der Waals surface area (Å²) in [4.78, 5) is 0. The maximum absolute atomic E-state index is 5.53. The van der Waals surface area contributed by atoms with Crippen molar-refractivity contribution >= 4 is 5.69 Å². The van der Waals surface area contributed by atoms with E-state index in [-0.39, 0.29) is 0 Å². The van der Waals surface area contributed by atoms with Gasteiger partial charge in [-0.25, -0.2) is 0 Å². The van der Waals surface area contributed by atoms with Crippen LogP contribution in [-0.4, -0.2) is 13.7 Å². The first-order valence-corrected chi connectivity index (χ1v) is 7.25. The Balaban J connectivity index is 2.11. The topological polar surface area (TPSA) is 30.5 Å². The van der Waals surface area contributed by atoms with Crippen molar-refractivity contribution in [3.63, 3.8) is 0 Å². The van der Waals surface area contributed by atoms with Crippen LogP contribution in [0.4, 0.5) is 5.69 Å². The fourth-order valence-electron chi connectivity index (χ4n) is 2.44. The van der Waals surface area contributed by atoms with Gasteiger partial charge in [0.2, 0.25) is 0 Å². The lowest BCUT2D eigenvalue weighted by molar-refractivity contribution is 0.340. The van der Waals surface area contributed by atoms with Crippen molar-refractivity contribution in [3.8, 4) is 11.5 Å². The predicted octanol–water partition coefficient (Wildman–Crippen LogP) is 4.32. The number of methoxy groups -OCH3 is 1. The third kappa shape index (κ3) is 3.69. The highest BCUT2D eigenvalue weighted by atomic mass is 16.5. The van der Waals surface area contributed by atoms with Gasteiger partial charge in [-0.15, -0.1) is 0 Å². The molecule has 3 nitrogen and oxygen atoms in total. The Kier molecular flexibility index (Phi) is 5.09. The molecule has 0 aliphatic rings. The maximum atomic E-state index is 5.53. The number of benzene rings is 2. The summed E-state index contributed by atoms with van der Waals surface area (Å²) in [5, 5.41) is 3.46. The highest BCUT2D eigenvalue weighted by molar-refractivity contribution is 5.59. The van der Waals surface area contributed by atoms with Crippen LogP contribution < -0.4 is 14.8 Å².